The largest absolute Gasteiger partial charge is 0.390 e. The number of nitrogens with zero attached hydrogens (tertiary/aromatic N) is 2. The van der Waals surface area contributed by atoms with Crippen molar-refractivity contribution in [3.63, 3.8) is 0 Å². The lowest BCUT2D eigenvalue weighted by Crippen LogP contribution is -2.29. The van der Waals surface area contributed by atoms with E-state index >= 15 is 0 Å². The van der Waals surface area contributed by atoms with Crippen LogP contribution in [-0.4, -0.2) is 23.7 Å². The number of hydrogen-bond acceptors (Lipinski definition) is 3. The molecule has 0 spiro atoms. The molecule has 1 aromatic rings. The van der Waals surface area contributed by atoms with Gasteiger partial charge in [0, 0.05) is 25.5 Å². The Morgan fingerprint density at radius 2 is 2.07 bits per heavy atom. The molecule has 1 heterocycles. The second-order valence-corrected chi connectivity index (χ2v) is 5.08. The molecule has 0 aliphatic carbocycles. The third kappa shape index (κ3) is 3.88. The van der Waals surface area contributed by atoms with Crippen molar-refractivity contribution in [3.8, 4) is 0 Å². The molecule has 0 atom stereocenters. The van der Waals surface area contributed by atoms with Gasteiger partial charge in [0.25, 0.3) is 0 Å². The van der Waals surface area contributed by atoms with E-state index in [4.69, 9.17) is 5.11 Å². The fourth-order valence-electron chi connectivity index (χ4n) is 1.59. The third-order valence-electron chi connectivity index (χ3n) is 2.11. The Bertz CT molecular complexity index is 318. The minimum atomic E-state index is -0.00278. The molecule has 0 radical (unpaired) electrons. The van der Waals surface area contributed by atoms with Crippen molar-refractivity contribution in [2.45, 2.75) is 27.4 Å². The van der Waals surface area contributed by atoms with Gasteiger partial charge in [0.15, 0.2) is 0 Å². The Kier molecular flexibility index (Phi) is 3.69. The molecule has 3 nitrogen and oxygen atoms in total. The molecule has 0 saturated carbocycles. The van der Waals surface area contributed by atoms with Crippen LogP contribution in [0, 0.1) is 5.41 Å². The Morgan fingerprint density at radius 3 is 2.60 bits per heavy atom. The molecule has 15 heavy (non-hydrogen) atoms. The molecule has 1 N–H and O–H groups in total. The van der Waals surface area contributed by atoms with Crippen molar-refractivity contribution < 1.29 is 5.11 Å². The standard InChI is InChI=1S/C12H20N2O/c1-12(2,3)9-14(4)11-5-6-13-10(7-11)8-15/h5-7,15H,8-9H2,1-4H3. The van der Waals surface area contributed by atoms with Crippen molar-refractivity contribution in [2.24, 2.45) is 5.41 Å². The SMILES string of the molecule is CN(CC(C)(C)C)c1ccnc(CO)c1. The van der Waals surface area contributed by atoms with E-state index in [9.17, 15) is 0 Å². The van der Waals surface area contributed by atoms with Crippen LogP contribution in [-0.2, 0) is 6.61 Å². The molecule has 0 aliphatic heterocycles. The highest BCUT2D eigenvalue weighted by Gasteiger charge is 2.14. The average molecular weight is 208 g/mol. The van der Waals surface area contributed by atoms with Gasteiger partial charge in [0.05, 0.1) is 12.3 Å². The summed E-state index contributed by atoms with van der Waals surface area (Å²) in [5, 5.41) is 9.00. The number of anilines is 1. The minimum absolute atomic E-state index is 0.00278. The van der Waals surface area contributed by atoms with E-state index in [0.717, 1.165) is 12.2 Å². The summed E-state index contributed by atoms with van der Waals surface area (Å²) in [5.74, 6) is 0. The molecule has 0 bridgehead atoms. The van der Waals surface area contributed by atoms with E-state index in [1.165, 1.54) is 0 Å². The number of rotatable bonds is 3. The van der Waals surface area contributed by atoms with Crippen LogP contribution >= 0.6 is 0 Å². The maximum Gasteiger partial charge on any atom is 0.0853 e. The Morgan fingerprint density at radius 1 is 1.40 bits per heavy atom. The highest BCUT2D eigenvalue weighted by Crippen LogP contribution is 2.20. The van der Waals surface area contributed by atoms with Gasteiger partial charge in [-0.3, -0.25) is 4.98 Å². The molecule has 0 aliphatic rings. The number of pyridine rings is 1. The first-order valence-corrected chi connectivity index (χ1v) is 5.19. The number of aliphatic hydroxyl groups excluding tert-OH is 1. The summed E-state index contributed by atoms with van der Waals surface area (Å²) in [7, 11) is 2.06. The van der Waals surface area contributed by atoms with Crippen molar-refractivity contribution in [1.82, 2.24) is 4.98 Å². The first-order chi connectivity index (χ1) is 6.92. The van der Waals surface area contributed by atoms with Crippen LogP contribution in [0.3, 0.4) is 0 Å². The van der Waals surface area contributed by atoms with Gasteiger partial charge in [-0.25, -0.2) is 0 Å². The number of aliphatic hydroxyl groups is 1. The van der Waals surface area contributed by atoms with Crippen LogP contribution in [0.4, 0.5) is 5.69 Å². The molecule has 0 saturated heterocycles. The summed E-state index contributed by atoms with van der Waals surface area (Å²) in [6, 6.07) is 3.89. The van der Waals surface area contributed by atoms with Gasteiger partial charge in [-0.2, -0.15) is 0 Å². The summed E-state index contributed by atoms with van der Waals surface area (Å²) in [5.41, 5.74) is 2.08. The van der Waals surface area contributed by atoms with Gasteiger partial charge in [-0.15, -0.1) is 0 Å². The van der Waals surface area contributed by atoms with E-state index in [-0.39, 0.29) is 12.0 Å². The molecule has 3 heteroatoms. The second kappa shape index (κ2) is 4.62. The fourth-order valence-corrected chi connectivity index (χ4v) is 1.59. The molecule has 0 amide bonds. The van der Waals surface area contributed by atoms with E-state index < -0.39 is 0 Å². The Hall–Kier alpha value is -1.09. The first kappa shape index (κ1) is 12.0. The van der Waals surface area contributed by atoms with E-state index in [2.05, 4.69) is 37.7 Å². The van der Waals surface area contributed by atoms with Crippen molar-refractivity contribution >= 4 is 5.69 Å². The normalized spacial score (nSPS) is 11.5. The fraction of sp³-hybridized carbons (Fsp3) is 0.583. The van der Waals surface area contributed by atoms with Crippen LogP contribution < -0.4 is 4.90 Å². The van der Waals surface area contributed by atoms with Gasteiger partial charge < -0.3 is 10.0 Å². The topological polar surface area (TPSA) is 36.4 Å². The predicted molar refractivity (Wildman–Crippen MR) is 62.9 cm³/mol. The zero-order chi connectivity index (χ0) is 11.5. The van der Waals surface area contributed by atoms with Gasteiger partial charge >= 0.3 is 0 Å². The van der Waals surface area contributed by atoms with Crippen LogP contribution in [0.1, 0.15) is 26.5 Å². The molecule has 0 aromatic carbocycles. The van der Waals surface area contributed by atoms with Crippen molar-refractivity contribution in [1.29, 1.82) is 0 Å². The maximum atomic E-state index is 9.00. The van der Waals surface area contributed by atoms with Gasteiger partial charge in [-0.1, -0.05) is 20.8 Å². The summed E-state index contributed by atoms with van der Waals surface area (Å²) in [4.78, 5) is 6.24. The van der Waals surface area contributed by atoms with E-state index in [0.29, 0.717) is 5.69 Å². The second-order valence-electron chi connectivity index (χ2n) is 5.08. The quantitative estimate of drug-likeness (QED) is 0.826. The monoisotopic (exact) mass is 208 g/mol. The number of aromatic nitrogens is 1. The molecule has 84 valence electrons. The molecule has 1 rings (SSSR count). The summed E-state index contributed by atoms with van der Waals surface area (Å²) in [6.45, 7) is 7.59. The molecule has 0 fully saturated rings. The zero-order valence-electron chi connectivity index (χ0n) is 9.99. The summed E-state index contributed by atoms with van der Waals surface area (Å²) < 4.78 is 0. The van der Waals surface area contributed by atoms with E-state index in [1.807, 2.05) is 12.1 Å². The molecular weight excluding hydrogens is 188 g/mol. The Balaban J connectivity index is 2.77. The minimum Gasteiger partial charge on any atom is -0.390 e. The number of hydrogen-bond donors (Lipinski definition) is 1. The van der Waals surface area contributed by atoms with Crippen LogP contribution in [0.2, 0.25) is 0 Å². The van der Waals surface area contributed by atoms with Crippen LogP contribution in [0.15, 0.2) is 18.3 Å². The van der Waals surface area contributed by atoms with Gasteiger partial charge in [0.2, 0.25) is 0 Å². The maximum absolute atomic E-state index is 9.00. The molecular formula is C12H20N2O. The third-order valence-corrected chi connectivity index (χ3v) is 2.11. The summed E-state index contributed by atoms with van der Waals surface area (Å²) >= 11 is 0. The first-order valence-electron chi connectivity index (χ1n) is 5.19. The van der Waals surface area contributed by atoms with Crippen LogP contribution in [0.5, 0.6) is 0 Å². The lowest BCUT2D eigenvalue weighted by atomic mass is 9.96. The molecule has 0 unspecified atom stereocenters. The summed E-state index contributed by atoms with van der Waals surface area (Å²) in [6.07, 6.45) is 1.74. The van der Waals surface area contributed by atoms with Crippen molar-refractivity contribution in [2.75, 3.05) is 18.5 Å². The van der Waals surface area contributed by atoms with E-state index in [1.54, 1.807) is 6.20 Å². The lowest BCUT2D eigenvalue weighted by Gasteiger charge is -2.28. The average Bonchev–Trinajstić information content (AvgIpc) is 2.15. The zero-order valence-corrected chi connectivity index (χ0v) is 9.99. The lowest BCUT2D eigenvalue weighted by molar-refractivity contribution is 0.277. The van der Waals surface area contributed by atoms with Crippen LogP contribution in [0.25, 0.3) is 0 Å². The highest BCUT2D eigenvalue weighted by molar-refractivity contribution is 5.45. The molecule has 1 aromatic heterocycles. The Labute approximate surface area is 91.8 Å². The highest BCUT2D eigenvalue weighted by atomic mass is 16.3. The smallest absolute Gasteiger partial charge is 0.0853 e. The predicted octanol–water partition coefficient (Wildman–Crippen LogP) is 2.06. The van der Waals surface area contributed by atoms with Gasteiger partial charge in [0.1, 0.15) is 0 Å². The van der Waals surface area contributed by atoms with Crippen molar-refractivity contribution in [3.05, 3.63) is 24.0 Å². The van der Waals surface area contributed by atoms with Gasteiger partial charge in [-0.05, 0) is 17.5 Å².